The molecule has 12 amide bonds. The first-order chi connectivity index (χ1) is 50.5. The lowest BCUT2D eigenvalue weighted by atomic mass is 9.58. The van der Waals surface area contributed by atoms with Crippen molar-refractivity contribution in [1.82, 2.24) is 60.0 Å². The molecule has 2 saturated heterocycles. The first-order valence-electron chi connectivity index (χ1n) is 38.7. The van der Waals surface area contributed by atoms with Crippen LogP contribution < -0.4 is 16.0 Å². The number of carbonyl (C=O) groups excluding carboxylic acids is 12. The Balaban J connectivity index is 1.33. The highest BCUT2D eigenvalue weighted by molar-refractivity contribution is 6.01. The van der Waals surface area contributed by atoms with Gasteiger partial charge in [0.05, 0.1) is 43.6 Å². The highest BCUT2D eigenvalue weighted by Gasteiger charge is 2.59. The average molecular weight is 1540 g/mol. The minimum atomic E-state index is -4.57. The SMILES string of the molecule is CCC[C@H]1C(=O)N[C@@H]([C@@H](C)CC)C(=O)N(C)CC(=O)N(C)[C@H]2C/C=C\CCN(C2=O)[C@@H](CC2CCC(C(F)(F)F)CC2)C(=O)N(C)CC(=O)N[C@@H](CCC2CCC(C(F)(F)F)C(OC)C2)C(=O)N2C[C@H](OCC)C[C@H]2C(=O)NC2(CC(C)(C)C2)C(=O)N(C)[C@@H](CC2CC2)C(=O)N(C)[C@H](C(=O)N(C)C)CC(=O)N1C. The van der Waals surface area contributed by atoms with Gasteiger partial charge in [-0.1, -0.05) is 72.5 Å². The molecule has 26 nitrogen and oxygen atoms in total. The van der Waals surface area contributed by atoms with E-state index in [1.165, 1.54) is 88.0 Å². The predicted octanol–water partition coefficient (Wildman–Crippen LogP) is 6.08. The molecule has 3 heterocycles. The maximum atomic E-state index is 15.7. The molecule has 32 heteroatoms. The number of carbonyl (C=O) groups is 12. The average Bonchev–Trinajstić information content (AvgIpc) is 0.937. The van der Waals surface area contributed by atoms with Crippen LogP contribution in [0.5, 0.6) is 0 Å². The van der Waals surface area contributed by atoms with Gasteiger partial charge in [0.25, 0.3) is 0 Å². The number of nitrogens with one attached hydrogen (secondary N) is 3. The lowest BCUT2D eigenvalue weighted by Crippen LogP contribution is -2.71. The van der Waals surface area contributed by atoms with E-state index in [0.717, 1.165) is 32.4 Å². The van der Waals surface area contributed by atoms with Crippen molar-refractivity contribution >= 4 is 70.9 Å². The Morgan fingerprint density at radius 2 is 1.24 bits per heavy atom. The lowest BCUT2D eigenvalue weighted by molar-refractivity contribution is -0.215. The zero-order chi connectivity index (χ0) is 80.4. The molecule has 3 N–H and O–H groups in total. The maximum absolute atomic E-state index is 15.7. The fourth-order valence-corrected chi connectivity index (χ4v) is 17.2. The molecule has 2 bridgehead atoms. The van der Waals surface area contributed by atoms with Crippen molar-refractivity contribution in [2.75, 3.05) is 96.3 Å². The number of hydrogen-bond acceptors (Lipinski definition) is 14. The largest absolute Gasteiger partial charge is 0.394 e. The Bertz CT molecular complexity index is 3250. The number of alkyl halides is 6. The third-order valence-corrected chi connectivity index (χ3v) is 24.0. The van der Waals surface area contributed by atoms with Gasteiger partial charge in [0.15, 0.2) is 0 Å². The Kier molecular flexibility index (Phi) is 30.4. The molecule has 7 aliphatic rings. The number of rotatable bonds is 15. The smallest absolute Gasteiger partial charge is 0.381 e. The summed E-state index contributed by atoms with van der Waals surface area (Å²) in [6, 6.07) is -10.9. The van der Waals surface area contributed by atoms with Gasteiger partial charge in [-0.3, -0.25) is 57.5 Å². The van der Waals surface area contributed by atoms with Crippen molar-refractivity contribution in [1.29, 1.82) is 0 Å². The van der Waals surface area contributed by atoms with E-state index in [4.69, 9.17) is 9.47 Å². The van der Waals surface area contributed by atoms with Gasteiger partial charge in [-0.2, -0.15) is 26.3 Å². The van der Waals surface area contributed by atoms with E-state index < -0.39 is 204 Å². The van der Waals surface area contributed by atoms with Crippen molar-refractivity contribution in [3.05, 3.63) is 12.2 Å². The summed E-state index contributed by atoms with van der Waals surface area (Å²) in [7, 11) is 12.2. The van der Waals surface area contributed by atoms with E-state index in [9.17, 15) is 55.1 Å². The van der Waals surface area contributed by atoms with Crippen LogP contribution in [-0.4, -0.2) is 290 Å². The van der Waals surface area contributed by atoms with Gasteiger partial charge in [0.1, 0.15) is 53.9 Å². The summed E-state index contributed by atoms with van der Waals surface area (Å²) in [5.41, 5.74) is -2.25. The minimum Gasteiger partial charge on any atom is -0.381 e. The normalized spacial score (nSPS) is 31.5. The molecule has 7 rings (SSSR count). The molecule has 108 heavy (non-hydrogen) atoms. The first-order valence-corrected chi connectivity index (χ1v) is 38.7. The molecule has 0 radical (unpaired) electrons. The number of nitrogens with zero attached hydrogens (tertiary/aromatic N) is 9. The Labute approximate surface area is 632 Å². The standard InChI is InChI=1S/C76H120F6N12O14/c1-16-22-53-64(98)84-63(45(4)17-2)71(105)88(10)42-62(97)90(12)54-23-20-19-21-34-93(70(54)104)58(36-47-26-30-49(31-27-47)75(77,78)79)68(102)87(9)41-60(95)83-52(33-29-48-28-32-51(76(80,81)82)59(37-48)107-15)66(100)94-40-50(108-18-3)38-55(94)65(99)85-74(43-73(5,6)44-74)72(106)92(14)56(35-46-24-25-46)69(103)91(13)57(67(101)86(7)8)39-61(96)89(53)11/h19-20,45-59,63H,16-18,21-44H2,1-15H3,(H,83,95)(H,84,98)(H,85,99)/b20-19-/t45-,47?,48?,49?,50+,51?,52-,53-,54-,55-,56-,57-,58-,59?,63-/m0/s1. The second-order valence-corrected chi connectivity index (χ2v) is 32.8. The summed E-state index contributed by atoms with van der Waals surface area (Å²) in [6.45, 7) is 9.21. The van der Waals surface area contributed by atoms with Gasteiger partial charge in [0, 0.05) is 89.6 Å². The van der Waals surface area contributed by atoms with Crippen molar-refractivity contribution in [2.45, 2.75) is 261 Å². The number of fused-ring (bicyclic) bond motifs is 3. The number of methoxy groups -OCH3 is 1. The molecule has 3 unspecified atom stereocenters. The molecule has 0 aromatic heterocycles. The van der Waals surface area contributed by atoms with Crippen LogP contribution in [0.25, 0.3) is 0 Å². The van der Waals surface area contributed by atoms with Crippen molar-refractivity contribution < 1.29 is 93.4 Å². The summed E-state index contributed by atoms with van der Waals surface area (Å²) >= 11 is 0. The van der Waals surface area contributed by atoms with Crippen molar-refractivity contribution in [2.24, 2.45) is 40.9 Å². The van der Waals surface area contributed by atoms with Gasteiger partial charge in [0.2, 0.25) is 70.9 Å². The number of ether oxygens (including phenoxy) is 2. The molecule has 1 spiro atoms. The second-order valence-electron chi connectivity index (χ2n) is 32.8. The molecule has 610 valence electrons. The van der Waals surface area contributed by atoms with Crippen LogP contribution in [0.15, 0.2) is 12.2 Å². The van der Waals surface area contributed by atoms with E-state index in [-0.39, 0.29) is 135 Å². The van der Waals surface area contributed by atoms with Crippen LogP contribution in [0.3, 0.4) is 0 Å². The Hall–Kier alpha value is -7.12. The van der Waals surface area contributed by atoms with Crippen LogP contribution in [-0.2, 0) is 67.0 Å². The number of likely N-dealkylation sites (N-methyl/N-ethyl adjacent to an activating group) is 7. The van der Waals surface area contributed by atoms with E-state index in [2.05, 4.69) is 16.0 Å². The zero-order valence-corrected chi connectivity index (χ0v) is 66.0. The van der Waals surface area contributed by atoms with Crippen LogP contribution in [0.4, 0.5) is 26.3 Å². The van der Waals surface area contributed by atoms with Gasteiger partial charge in [-0.05, 0) is 139 Å². The summed E-state index contributed by atoms with van der Waals surface area (Å²) in [6.07, 6.45) is -6.64. The molecule has 13 atom stereocenters. The van der Waals surface area contributed by atoms with Crippen molar-refractivity contribution in [3.63, 3.8) is 0 Å². The Morgan fingerprint density at radius 3 is 1.81 bits per heavy atom. The highest BCUT2D eigenvalue weighted by atomic mass is 19.4. The van der Waals surface area contributed by atoms with E-state index in [1.54, 1.807) is 39.8 Å². The summed E-state index contributed by atoms with van der Waals surface area (Å²) in [5.74, 6) is -13.8. The molecule has 3 aliphatic heterocycles. The first kappa shape index (κ1) is 88.1. The molecule has 4 saturated carbocycles. The van der Waals surface area contributed by atoms with Crippen LogP contribution >= 0.6 is 0 Å². The third-order valence-electron chi connectivity index (χ3n) is 24.0. The molecule has 4 aliphatic carbocycles. The van der Waals surface area contributed by atoms with E-state index in [0.29, 0.717) is 12.8 Å². The fraction of sp³-hybridized carbons (Fsp3) is 0.816. The molecule has 0 aromatic carbocycles. The van der Waals surface area contributed by atoms with Crippen molar-refractivity contribution in [3.8, 4) is 0 Å². The second kappa shape index (κ2) is 37.3. The van der Waals surface area contributed by atoms with E-state index >= 15 is 28.8 Å². The van der Waals surface area contributed by atoms with Crippen LogP contribution in [0.2, 0.25) is 0 Å². The summed E-state index contributed by atoms with van der Waals surface area (Å²) in [5, 5.41) is 8.67. The van der Waals surface area contributed by atoms with Crippen LogP contribution in [0.1, 0.15) is 183 Å². The molecular weight excluding hydrogens is 1420 g/mol. The fourth-order valence-electron chi connectivity index (χ4n) is 17.2. The molecule has 6 fully saturated rings. The number of halogens is 6. The minimum absolute atomic E-state index is 0.0211. The molecule has 0 aromatic rings. The van der Waals surface area contributed by atoms with E-state index in [1.807, 2.05) is 13.8 Å². The van der Waals surface area contributed by atoms with Gasteiger partial charge >= 0.3 is 12.4 Å². The summed E-state index contributed by atoms with van der Waals surface area (Å²) < 4.78 is 96.9. The highest BCUT2D eigenvalue weighted by Crippen LogP contribution is 2.50. The maximum Gasteiger partial charge on any atom is 0.394 e. The number of hydrogen-bond donors (Lipinski definition) is 3. The van der Waals surface area contributed by atoms with Crippen LogP contribution in [0, 0.1) is 40.9 Å². The Morgan fingerprint density at radius 1 is 0.630 bits per heavy atom. The zero-order valence-electron chi connectivity index (χ0n) is 66.0. The number of amides is 12. The lowest BCUT2D eigenvalue weighted by Gasteiger charge is -2.54. The quantitative estimate of drug-likeness (QED) is 0.124. The van der Waals surface area contributed by atoms with Gasteiger partial charge < -0.3 is 69.5 Å². The third kappa shape index (κ3) is 21.7. The molecular formula is C76H120F6N12O14. The predicted molar refractivity (Wildman–Crippen MR) is 387 cm³/mol. The monoisotopic (exact) mass is 1540 g/mol. The van der Waals surface area contributed by atoms with Gasteiger partial charge in [-0.25, -0.2) is 0 Å². The summed E-state index contributed by atoms with van der Waals surface area (Å²) in [4.78, 5) is 192. The topological polar surface area (TPSA) is 289 Å². The van der Waals surface area contributed by atoms with Gasteiger partial charge in [-0.15, -0.1) is 0 Å².